The van der Waals surface area contributed by atoms with Gasteiger partial charge in [-0.25, -0.2) is 4.79 Å². The van der Waals surface area contributed by atoms with Gasteiger partial charge in [-0.3, -0.25) is 4.79 Å². The summed E-state index contributed by atoms with van der Waals surface area (Å²) in [5.74, 6) is -1.76. The molecular weight excluding hydrogens is 258 g/mol. The lowest BCUT2D eigenvalue weighted by Crippen LogP contribution is -2.55. The lowest BCUT2D eigenvalue weighted by Gasteiger charge is -2.30. The SMILES string of the molecule is CC(C)C(C)(NC(=O)c1coc2ccccc12)C(=O)O. The number of amides is 1. The van der Waals surface area contributed by atoms with Crippen LogP contribution in [-0.4, -0.2) is 22.5 Å². The van der Waals surface area contributed by atoms with Crippen LogP contribution in [0.15, 0.2) is 34.9 Å². The fourth-order valence-corrected chi connectivity index (χ4v) is 1.90. The average Bonchev–Trinajstić information content (AvgIpc) is 2.81. The van der Waals surface area contributed by atoms with E-state index in [0.29, 0.717) is 16.5 Å². The van der Waals surface area contributed by atoms with Gasteiger partial charge in [0.25, 0.3) is 5.91 Å². The van der Waals surface area contributed by atoms with Crippen molar-refractivity contribution in [2.45, 2.75) is 26.3 Å². The minimum absolute atomic E-state index is 0.248. The molecule has 1 aromatic heterocycles. The van der Waals surface area contributed by atoms with E-state index in [1.807, 2.05) is 6.07 Å². The minimum Gasteiger partial charge on any atom is -0.480 e. The molecule has 1 unspecified atom stereocenters. The molecule has 2 rings (SSSR count). The van der Waals surface area contributed by atoms with Crippen LogP contribution >= 0.6 is 0 Å². The monoisotopic (exact) mass is 275 g/mol. The maximum atomic E-state index is 12.3. The molecule has 5 heteroatoms. The van der Waals surface area contributed by atoms with Crippen molar-refractivity contribution >= 4 is 22.8 Å². The van der Waals surface area contributed by atoms with E-state index in [4.69, 9.17) is 4.42 Å². The molecule has 20 heavy (non-hydrogen) atoms. The number of carbonyl (C=O) groups excluding carboxylic acids is 1. The van der Waals surface area contributed by atoms with Crippen LogP contribution in [0.2, 0.25) is 0 Å². The maximum Gasteiger partial charge on any atom is 0.329 e. The van der Waals surface area contributed by atoms with Crippen LogP contribution in [0, 0.1) is 5.92 Å². The standard InChI is InChI=1S/C15H17NO4/c1-9(2)15(3,14(18)19)16-13(17)11-8-20-12-7-5-4-6-10(11)12/h4-9H,1-3H3,(H,16,17)(H,18,19). The topological polar surface area (TPSA) is 79.5 Å². The van der Waals surface area contributed by atoms with Gasteiger partial charge in [-0.15, -0.1) is 0 Å². The second-order valence-electron chi connectivity index (χ2n) is 5.26. The Morgan fingerprint density at radius 2 is 1.95 bits per heavy atom. The van der Waals surface area contributed by atoms with Crippen LogP contribution in [0.5, 0.6) is 0 Å². The molecular formula is C15H17NO4. The van der Waals surface area contributed by atoms with Gasteiger partial charge in [0.05, 0.1) is 5.56 Å². The second kappa shape index (κ2) is 5.00. The van der Waals surface area contributed by atoms with Gasteiger partial charge in [0.15, 0.2) is 0 Å². The van der Waals surface area contributed by atoms with E-state index in [0.717, 1.165) is 0 Å². The first kappa shape index (κ1) is 14.1. The Morgan fingerprint density at radius 3 is 2.55 bits per heavy atom. The van der Waals surface area contributed by atoms with Crippen molar-refractivity contribution in [3.05, 3.63) is 36.1 Å². The second-order valence-corrected chi connectivity index (χ2v) is 5.26. The highest BCUT2D eigenvalue weighted by molar-refractivity contribution is 6.07. The Balaban J connectivity index is 2.35. The molecule has 1 aromatic carbocycles. The first-order chi connectivity index (χ1) is 9.36. The molecule has 0 fully saturated rings. The predicted molar refractivity (Wildman–Crippen MR) is 74.6 cm³/mol. The molecule has 2 aromatic rings. The fourth-order valence-electron chi connectivity index (χ4n) is 1.90. The number of hydrogen-bond donors (Lipinski definition) is 2. The first-order valence-corrected chi connectivity index (χ1v) is 6.38. The smallest absolute Gasteiger partial charge is 0.329 e. The van der Waals surface area contributed by atoms with Crippen molar-refractivity contribution < 1.29 is 19.1 Å². The number of furan rings is 1. The molecule has 1 amide bonds. The zero-order chi connectivity index (χ0) is 14.9. The van der Waals surface area contributed by atoms with Crippen molar-refractivity contribution in [1.29, 1.82) is 0 Å². The Labute approximate surface area is 116 Å². The highest BCUT2D eigenvalue weighted by atomic mass is 16.4. The lowest BCUT2D eigenvalue weighted by molar-refractivity contribution is -0.145. The number of rotatable bonds is 4. The first-order valence-electron chi connectivity index (χ1n) is 6.38. The number of benzene rings is 1. The summed E-state index contributed by atoms with van der Waals surface area (Å²) < 4.78 is 5.30. The Hall–Kier alpha value is -2.30. The third kappa shape index (κ3) is 2.27. The molecule has 0 aliphatic heterocycles. The normalized spacial score (nSPS) is 14.2. The largest absolute Gasteiger partial charge is 0.480 e. The number of aliphatic carboxylic acids is 1. The van der Waals surface area contributed by atoms with E-state index in [-0.39, 0.29) is 5.92 Å². The van der Waals surface area contributed by atoms with E-state index in [1.54, 1.807) is 32.0 Å². The summed E-state index contributed by atoms with van der Waals surface area (Å²) in [6, 6.07) is 7.13. The summed E-state index contributed by atoms with van der Waals surface area (Å²) in [6.07, 6.45) is 1.35. The number of carboxylic acid groups (broad SMARTS) is 1. The quantitative estimate of drug-likeness (QED) is 0.899. The Kier molecular flexibility index (Phi) is 3.53. The Morgan fingerprint density at radius 1 is 1.30 bits per heavy atom. The van der Waals surface area contributed by atoms with Crippen molar-refractivity contribution in [1.82, 2.24) is 5.32 Å². The molecule has 1 atom stereocenters. The van der Waals surface area contributed by atoms with E-state index in [9.17, 15) is 14.7 Å². The van der Waals surface area contributed by atoms with Crippen LogP contribution in [0.25, 0.3) is 11.0 Å². The number of carboxylic acids is 1. The molecule has 5 nitrogen and oxygen atoms in total. The summed E-state index contributed by atoms with van der Waals surface area (Å²) in [6.45, 7) is 5.00. The van der Waals surface area contributed by atoms with Crippen molar-refractivity contribution in [2.75, 3.05) is 0 Å². The molecule has 0 aliphatic carbocycles. The van der Waals surface area contributed by atoms with Crippen LogP contribution < -0.4 is 5.32 Å². The number of para-hydroxylation sites is 1. The summed E-state index contributed by atoms with van der Waals surface area (Å²) >= 11 is 0. The van der Waals surface area contributed by atoms with Gasteiger partial charge in [0, 0.05) is 5.39 Å². The molecule has 1 heterocycles. The number of fused-ring (bicyclic) bond motifs is 1. The maximum absolute atomic E-state index is 12.3. The van der Waals surface area contributed by atoms with E-state index in [2.05, 4.69) is 5.32 Å². The van der Waals surface area contributed by atoms with Crippen molar-refractivity contribution in [3.63, 3.8) is 0 Å². The van der Waals surface area contributed by atoms with Gasteiger partial charge in [-0.2, -0.15) is 0 Å². The fraction of sp³-hybridized carbons (Fsp3) is 0.333. The van der Waals surface area contributed by atoms with Gasteiger partial charge < -0.3 is 14.8 Å². The molecule has 0 saturated carbocycles. The third-order valence-corrected chi connectivity index (χ3v) is 3.70. The number of nitrogens with one attached hydrogen (secondary N) is 1. The summed E-state index contributed by atoms with van der Waals surface area (Å²) in [5, 5.41) is 12.6. The van der Waals surface area contributed by atoms with E-state index >= 15 is 0 Å². The number of carbonyl (C=O) groups is 2. The molecule has 0 aliphatic rings. The summed E-state index contributed by atoms with van der Waals surface area (Å²) in [4.78, 5) is 23.7. The molecule has 106 valence electrons. The van der Waals surface area contributed by atoms with Gasteiger partial charge >= 0.3 is 5.97 Å². The van der Waals surface area contributed by atoms with Crippen molar-refractivity contribution in [3.8, 4) is 0 Å². The van der Waals surface area contributed by atoms with Crippen molar-refractivity contribution in [2.24, 2.45) is 5.92 Å². The van der Waals surface area contributed by atoms with Gasteiger partial charge in [-0.05, 0) is 18.9 Å². The summed E-state index contributed by atoms with van der Waals surface area (Å²) in [5.41, 5.74) is -0.386. The third-order valence-electron chi connectivity index (χ3n) is 3.70. The van der Waals surface area contributed by atoms with Crippen LogP contribution in [0.3, 0.4) is 0 Å². The molecule has 0 saturated heterocycles. The summed E-state index contributed by atoms with van der Waals surface area (Å²) in [7, 11) is 0. The lowest BCUT2D eigenvalue weighted by atomic mass is 9.88. The average molecular weight is 275 g/mol. The van der Waals surface area contributed by atoms with Gasteiger partial charge in [-0.1, -0.05) is 32.0 Å². The predicted octanol–water partition coefficient (Wildman–Crippen LogP) is 2.66. The molecule has 2 N–H and O–H groups in total. The highest BCUT2D eigenvalue weighted by Gasteiger charge is 2.38. The van der Waals surface area contributed by atoms with Gasteiger partial charge in [0.1, 0.15) is 17.4 Å². The molecule has 0 spiro atoms. The Bertz CT molecular complexity index is 659. The van der Waals surface area contributed by atoms with E-state index in [1.165, 1.54) is 13.2 Å². The van der Waals surface area contributed by atoms with E-state index < -0.39 is 17.4 Å². The highest BCUT2D eigenvalue weighted by Crippen LogP contribution is 2.23. The zero-order valence-electron chi connectivity index (χ0n) is 11.6. The van der Waals surface area contributed by atoms with Gasteiger partial charge in [0.2, 0.25) is 0 Å². The van der Waals surface area contributed by atoms with Crippen LogP contribution in [-0.2, 0) is 4.79 Å². The number of hydrogen-bond acceptors (Lipinski definition) is 3. The minimum atomic E-state index is -1.32. The molecule has 0 bridgehead atoms. The molecule has 0 radical (unpaired) electrons. The zero-order valence-corrected chi connectivity index (χ0v) is 11.6. The van der Waals surface area contributed by atoms with Crippen LogP contribution in [0.4, 0.5) is 0 Å². The van der Waals surface area contributed by atoms with Crippen LogP contribution in [0.1, 0.15) is 31.1 Å².